The molecule has 0 saturated heterocycles. The maximum Gasteiger partial charge on any atom is 0.293 e. The number of thiazole rings is 1. The number of furan rings is 1. The first kappa shape index (κ1) is 15.0. The number of para-hydroxylation sites is 1. The third-order valence-electron chi connectivity index (χ3n) is 3.52. The van der Waals surface area contributed by atoms with Crippen molar-refractivity contribution in [3.8, 4) is 5.75 Å². The van der Waals surface area contributed by atoms with Crippen LogP contribution in [0, 0.1) is 0 Å². The highest BCUT2D eigenvalue weighted by Crippen LogP contribution is 2.31. The van der Waals surface area contributed by atoms with E-state index in [1.165, 1.54) is 11.3 Å². The monoisotopic (exact) mass is 358 g/mol. The quantitative estimate of drug-likeness (QED) is 0.562. The second-order valence-electron chi connectivity index (χ2n) is 5.07. The number of methoxy groups -OCH3 is 1. The summed E-state index contributed by atoms with van der Waals surface area (Å²) in [6.07, 6.45) is 0. The molecule has 0 radical (unpaired) electrons. The molecule has 1 amide bonds. The number of fused-ring (bicyclic) bond motifs is 2. The molecular weight excluding hydrogens is 348 g/mol. The summed E-state index contributed by atoms with van der Waals surface area (Å²) in [6, 6.07) is 12.6. The van der Waals surface area contributed by atoms with E-state index >= 15 is 0 Å². The first-order chi connectivity index (χ1) is 11.6. The van der Waals surface area contributed by atoms with Crippen molar-refractivity contribution in [3.05, 3.63) is 53.2 Å². The molecule has 0 bridgehead atoms. The van der Waals surface area contributed by atoms with Gasteiger partial charge >= 0.3 is 0 Å². The fourth-order valence-electron chi connectivity index (χ4n) is 2.42. The van der Waals surface area contributed by atoms with E-state index in [2.05, 4.69) is 10.3 Å². The van der Waals surface area contributed by atoms with E-state index in [9.17, 15) is 4.79 Å². The summed E-state index contributed by atoms with van der Waals surface area (Å²) in [5, 5.41) is 4.68. The van der Waals surface area contributed by atoms with Gasteiger partial charge in [-0.1, -0.05) is 35.1 Å². The Morgan fingerprint density at radius 1 is 1.29 bits per heavy atom. The lowest BCUT2D eigenvalue weighted by atomic mass is 10.2. The van der Waals surface area contributed by atoms with Crippen molar-refractivity contribution in [3.63, 3.8) is 0 Å². The van der Waals surface area contributed by atoms with Gasteiger partial charge in [0, 0.05) is 10.4 Å². The fraction of sp³-hybridized carbons (Fsp3) is 0.0588. The van der Waals surface area contributed by atoms with Gasteiger partial charge in [0.15, 0.2) is 22.2 Å². The van der Waals surface area contributed by atoms with Crippen LogP contribution in [0.2, 0.25) is 5.02 Å². The second-order valence-corrected chi connectivity index (χ2v) is 6.54. The average Bonchev–Trinajstić information content (AvgIpc) is 3.17. The molecule has 120 valence electrons. The molecule has 1 N–H and O–H groups in total. The van der Waals surface area contributed by atoms with Crippen LogP contribution in [0.3, 0.4) is 0 Å². The van der Waals surface area contributed by atoms with Crippen LogP contribution in [-0.4, -0.2) is 18.0 Å². The zero-order valence-corrected chi connectivity index (χ0v) is 14.1. The van der Waals surface area contributed by atoms with E-state index in [4.69, 9.17) is 20.8 Å². The molecule has 0 atom stereocenters. The van der Waals surface area contributed by atoms with Gasteiger partial charge in [-0.3, -0.25) is 10.1 Å². The van der Waals surface area contributed by atoms with Crippen molar-refractivity contribution in [1.29, 1.82) is 0 Å². The molecule has 0 fully saturated rings. The van der Waals surface area contributed by atoms with Crippen molar-refractivity contribution in [2.45, 2.75) is 0 Å². The molecular formula is C17H11ClN2O3S. The van der Waals surface area contributed by atoms with Crippen LogP contribution in [0.25, 0.3) is 21.2 Å². The number of ether oxygens (including phenoxy) is 1. The van der Waals surface area contributed by atoms with Gasteiger partial charge in [0.1, 0.15) is 0 Å². The molecule has 7 heteroatoms. The SMILES string of the molecule is COc1cccc2cc(C(=O)Nc3nc4ccc(Cl)cc4s3)oc12. The number of nitrogens with one attached hydrogen (secondary N) is 1. The molecule has 0 unspecified atom stereocenters. The first-order valence-corrected chi connectivity index (χ1v) is 8.27. The van der Waals surface area contributed by atoms with E-state index in [0.717, 1.165) is 15.6 Å². The molecule has 0 aliphatic carbocycles. The van der Waals surface area contributed by atoms with E-state index in [1.807, 2.05) is 24.3 Å². The second kappa shape index (κ2) is 5.81. The van der Waals surface area contributed by atoms with Crippen molar-refractivity contribution >= 4 is 55.2 Å². The van der Waals surface area contributed by atoms with Crippen LogP contribution in [0.1, 0.15) is 10.6 Å². The molecule has 4 rings (SSSR count). The number of anilines is 1. The molecule has 5 nitrogen and oxygen atoms in total. The standard InChI is InChI=1S/C17H11ClN2O3S/c1-22-12-4-2-3-9-7-13(23-15(9)12)16(21)20-17-19-11-6-5-10(18)8-14(11)24-17/h2-8H,1H3,(H,19,20,21). The third-order valence-corrected chi connectivity index (χ3v) is 4.69. The Kier molecular flexibility index (Phi) is 3.63. The number of nitrogens with zero attached hydrogens (tertiary/aromatic N) is 1. The van der Waals surface area contributed by atoms with Gasteiger partial charge in [0.2, 0.25) is 0 Å². The Hall–Kier alpha value is -2.57. The van der Waals surface area contributed by atoms with Crippen LogP contribution < -0.4 is 10.1 Å². The molecule has 0 aliphatic rings. The van der Waals surface area contributed by atoms with Crippen LogP contribution in [0.5, 0.6) is 5.75 Å². The van der Waals surface area contributed by atoms with Crippen molar-refractivity contribution < 1.29 is 13.9 Å². The number of hydrogen-bond acceptors (Lipinski definition) is 5. The zero-order valence-electron chi connectivity index (χ0n) is 12.5. The highest BCUT2D eigenvalue weighted by Gasteiger charge is 2.16. The summed E-state index contributed by atoms with van der Waals surface area (Å²) in [6.45, 7) is 0. The van der Waals surface area contributed by atoms with Crippen LogP contribution in [-0.2, 0) is 0 Å². The minimum absolute atomic E-state index is 0.201. The van der Waals surface area contributed by atoms with Crippen LogP contribution in [0.15, 0.2) is 46.9 Å². The molecule has 2 aromatic heterocycles. The van der Waals surface area contributed by atoms with Gasteiger partial charge in [-0.2, -0.15) is 0 Å². The van der Waals surface area contributed by atoms with Gasteiger partial charge in [-0.25, -0.2) is 4.98 Å². The van der Waals surface area contributed by atoms with Crippen molar-refractivity contribution in [1.82, 2.24) is 4.98 Å². The number of benzene rings is 2. The van der Waals surface area contributed by atoms with Crippen LogP contribution >= 0.6 is 22.9 Å². The molecule has 2 heterocycles. The summed E-state index contributed by atoms with van der Waals surface area (Å²) in [7, 11) is 1.56. The highest BCUT2D eigenvalue weighted by atomic mass is 35.5. The number of carbonyl (C=O) groups is 1. The van der Waals surface area contributed by atoms with Gasteiger partial charge in [-0.15, -0.1) is 0 Å². The summed E-state index contributed by atoms with van der Waals surface area (Å²) in [4.78, 5) is 16.8. The number of carbonyl (C=O) groups excluding carboxylic acids is 1. The predicted octanol–water partition coefficient (Wildman–Crippen LogP) is 4.96. The minimum Gasteiger partial charge on any atom is -0.493 e. The zero-order chi connectivity index (χ0) is 16.7. The van der Waals surface area contributed by atoms with Crippen molar-refractivity contribution in [2.75, 3.05) is 12.4 Å². The molecule has 0 spiro atoms. The first-order valence-electron chi connectivity index (χ1n) is 7.08. The fourth-order valence-corrected chi connectivity index (χ4v) is 3.56. The molecule has 2 aromatic carbocycles. The van der Waals surface area contributed by atoms with Crippen LogP contribution in [0.4, 0.5) is 5.13 Å². The van der Waals surface area contributed by atoms with Gasteiger partial charge < -0.3 is 9.15 Å². The number of halogens is 1. The smallest absolute Gasteiger partial charge is 0.293 e. The van der Waals surface area contributed by atoms with Gasteiger partial charge in [0.05, 0.1) is 17.3 Å². The molecule has 0 aliphatic heterocycles. The summed E-state index contributed by atoms with van der Waals surface area (Å²) in [5.74, 6) is 0.423. The van der Waals surface area contributed by atoms with E-state index in [1.54, 1.807) is 25.3 Å². The van der Waals surface area contributed by atoms with Crippen molar-refractivity contribution in [2.24, 2.45) is 0 Å². The lowest BCUT2D eigenvalue weighted by molar-refractivity contribution is 0.0998. The lowest BCUT2D eigenvalue weighted by Crippen LogP contribution is -2.10. The molecule has 0 saturated carbocycles. The number of aromatic nitrogens is 1. The van der Waals surface area contributed by atoms with Gasteiger partial charge in [-0.05, 0) is 30.3 Å². The average molecular weight is 359 g/mol. The topological polar surface area (TPSA) is 64.4 Å². The maximum atomic E-state index is 12.4. The van der Waals surface area contributed by atoms with E-state index in [0.29, 0.717) is 21.5 Å². The van der Waals surface area contributed by atoms with E-state index < -0.39 is 0 Å². The summed E-state index contributed by atoms with van der Waals surface area (Å²) in [5.41, 5.74) is 1.33. The molecule has 24 heavy (non-hydrogen) atoms. The number of amides is 1. The maximum absolute atomic E-state index is 12.4. The number of hydrogen-bond donors (Lipinski definition) is 1. The molecule has 4 aromatic rings. The Bertz CT molecular complexity index is 1070. The van der Waals surface area contributed by atoms with Gasteiger partial charge in [0.25, 0.3) is 5.91 Å². The largest absolute Gasteiger partial charge is 0.493 e. The number of rotatable bonds is 3. The van der Waals surface area contributed by atoms with E-state index in [-0.39, 0.29) is 11.7 Å². The Labute approximate surface area is 145 Å². The predicted molar refractivity (Wildman–Crippen MR) is 95.3 cm³/mol. The highest BCUT2D eigenvalue weighted by molar-refractivity contribution is 7.22. The summed E-state index contributed by atoms with van der Waals surface area (Å²) < 4.78 is 11.8. The minimum atomic E-state index is -0.363. The Morgan fingerprint density at radius 2 is 2.17 bits per heavy atom. The Morgan fingerprint density at radius 3 is 3.00 bits per heavy atom. The Balaban J connectivity index is 1.65. The summed E-state index contributed by atoms with van der Waals surface area (Å²) >= 11 is 7.32. The lowest BCUT2D eigenvalue weighted by Gasteiger charge is -1.99. The third kappa shape index (κ3) is 2.60. The normalized spacial score (nSPS) is 11.1.